The number of aromatic carboxylic acids is 1. The van der Waals surface area contributed by atoms with Gasteiger partial charge in [-0.1, -0.05) is 0 Å². The Labute approximate surface area is 138 Å². The van der Waals surface area contributed by atoms with E-state index in [1.54, 1.807) is 14.0 Å². The molecule has 1 heterocycles. The van der Waals surface area contributed by atoms with Gasteiger partial charge in [0.2, 0.25) is 0 Å². The molecule has 9 nitrogen and oxygen atoms in total. The summed E-state index contributed by atoms with van der Waals surface area (Å²) in [6.07, 6.45) is 1.21. The van der Waals surface area contributed by atoms with E-state index in [0.717, 1.165) is 6.07 Å². The number of hydrogen-bond acceptors (Lipinski definition) is 6. The average molecular weight is 355 g/mol. The van der Waals surface area contributed by atoms with E-state index in [1.165, 1.54) is 31.2 Å². The molecule has 10 heteroatoms. The summed E-state index contributed by atoms with van der Waals surface area (Å²) >= 11 is 0. The molecule has 0 saturated heterocycles. The van der Waals surface area contributed by atoms with Crippen molar-refractivity contribution < 1.29 is 27.8 Å². The fraction of sp³-hybridized carbons (Fsp3) is 0.286. The van der Waals surface area contributed by atoms with Crippen LogP contribution in [0.1, 0.15) is 16.1 Å². The van der Waals surface area contributed by atoms with Crippen molar-refractivity contribution >= 4 is 21.7 Å². The van der Waals surface area contributed by atoms with Crippen LogP contribution in [0.4, 0.5) is 5.69 Å². The predicted octanol–water partition coefficient (Wildman–Crippen LogP) is 1.24. The third kappa shape index (κ3) is 3.13. The van der Waals surface area contributed by atoms with Crippen LogP contribution in [0, 0.1) is 6.92 Å². The highest BCUT2D eigenvalue weighted by molar-refractivity contribution is 7.92. The topological polar surface area (TPSA) is 120 Å². The van der Waals surface area contributed by atoms with Gasteiger partial charge in [0.05, 0.1) is 37.4 Å². The Bertz CT molecular complexity index is 888. The fourth-order valence-electron chi connectivity index (χ4n) is 2.11. The minimum atomic E-state index is -3.99. The second-order valence-electron chi connectivity index (χ2n) is 4.89. The number of anilines is 1. The number of carboxylic acid groups (broad SMARTS) is 1. The van der Waals surface area contributed by atoms with Crippen molar-refractivity contribution in [2.45, 2.75) is 11.8 Å². The average Bonchev–Trinajstić information content (AvgIpc) is 2.86. The van der Waals surface area contributed by atoms with Crippen molar-refractivity contribution in [1.29, 1.82) is 0 Å². The Morgan fingerprint density at radius 1 is 1.29 bits per heavy atom. The van der Waals surface area contributed by atoms with E-state index in [4.69, 9.17) is 14.6 Å². The minimum Gasteiger partial charge on any atom is -0.493 e. The summed E-state index contributed by atoms with van der Waals surface area (Å²) in [5, 5.41) is 13.1. The summed E-state index contributed by atoms with van der Waals surface area (Å²) < 4.78 is 39.1. The van der Waals surface area contributed by atoms with Crippen LogP contribution < -0.4 is 14.2 Å². The van der Waals surface area contributed by atoms with Crippen molar-refractivity contribution in [3.8, 4) is 11.5 Å². The van der Waals surface area contributed by atoms with E-state index in [9.17, 15) is 13.2 Å². The number of methoxy groups -OCH3 is 2. The molecule has 0 aliphatic rings. The number of aromatic nitrogens is 2. The third-order valence-corrected chi connectivity index (χ3v) is 4.92. The van der Waals surface area contributed by atoms with Crippen LogP contribution in [0.15, 0.2) is 23.2 Å². The molecule has 0 saturated carbocycles. The minimum absolute atomic E-state index is 0.0215. The van der Waals surface area contributed by atoms with Gasteiger partial charge in [0.25, 0.3) is 10.0 Å². The van der Waals surface area contributed by atoms with Gasteiger partial charge < -0.3 is 14.6 Å². The number of carboxylic acids is 1. The molecule has 0 aliphatic heterocycles. The predicted molar refractivity (Wildman–Crippen MR) is 85.3 cm³/mol. The highest BCUT2D eigenvalue weighted by atomic mass is 32.2. The maximum absolute atomic E-state index is 12.6. The summed E-state index contributed by atoms with van der Waals surface area (Å²) in [5.41, 5.74) is 0.244. The van der Waals surface area contributed by atoms with Crippen molar-refractivity contribution in [3.63, 3.8) is 0 Å². The number of sulfonamides is 1. The Balaban J connectivity index is 2.57. The molecule has 0 unspecified atom stereocenters. The molecule has 0 aliphatic carbocycles. The van der Waals surface area contributed by atoms with Crippen molar-refractivity contribution in [3.05, 3.63) is 29.6 Å². The number of ether oxygens (including phenoxy) is 2. The first kappa shape index (κ1) is 17.6. The summed E-state index contributed by atoms with van der Waals surface area (Å²) in [6.45, 7) is 1.60. The smallest absolute Gasteiger partial charge is 0.335 e. The molecular weight excluding hydrogens is 338 g/mol. The van der Waals surface area contributed by atoms with E-state index in [0.29, 0.717) is 5.69 Å². The Morgan fingerprint density at radius 3 is 2.42 bits per heavy atom. The van der Waals surface area contributed by atoms with Crippen molar-refractivity contribution in [2.75, 3.05) is 18.9 Å². The molecule has 2 N–H and O–H groups in total. The SMILES string of the molecule is COc1cc(C(=O)O)cc(NS(=O)(=O)c2cnn(C)c2C)c1OC. The molecule has 0 spiro atoms. The molecule has 1 aromatic carbocycles. The van der Waals surface area contributed by atoms with E-state index in [2.05, 4.69) is 9.82 Å². The van der Waals surface area contributed by atoms with E-state index < -0.39 is 16.0 Å². The van der Waals surface area contributed by atoms with Crippen LogP contribution in [0.2, 0.25) is 0 Å². The maximum atomic E-state index is 12.6. The zero-order valence-corrected chi connectivity index (χ0v) is 14.3. The van der Waals surface area contributed by atoms with E-state index in [-0.39, 0.29) is 27.6 Å². The first-order chi connectivity index (χ1) is 11.2. The summed E-state index contributed by atoms with van der Waals surface area (Å²) in [4.78, 5) is 11.2. The van der Waals surface area contributed by atoms with Gasteiger partial charge in [-0.25, -0.2) is 13.2 Å². The van der Waals surface area contributed by atoms with Gasteiger partial charge in [0.1, 0.15) is 4.90 Å². The van der Waals surface area contributed by atoms with Gasteiger partial charge in [-0.2, -0.15) is 5.10 Å². The lowest BCUT2D eigenvalue weighted by atomic mass is 10.1. The summed E-state index contributed by atoms with van der Waals surface area (Å²) in [6, 6.07) is 2.40. The Morgan fingerprint density at radius 2 is 1.96 bits per heavy atom. The zero-order chi connectivity index (χ0) is 18.1. The van der Waals surface area contributed by atoms with Crippen LogP contribution in [-0.2, 0) is 17.1 Å². The van der Waals surface area contributed by atoms with Crippen molar-refractivity contribution in [1.82, 2.24) is 9.78 Å². The monoisotopic (exact) mass is 355 g/mol. The van der Waals surface area contributed by atoms with Crippen LogP contribution in [0.3, 0.4) is 0 Å². The maximum Gasteiger partial charge on any atom is 0.335 e. The number of rotatable bonds is 6. The van der Waals surface area contributed by atoms with Crippen LogP contribution in [0.5, 0.6) is 11.5 Å². The van der Waals surface area contributed by atoms with Crippen molar-refractivity contribution in [2.24, 2.45) is 7.05 Å². The fourth-order valence-corrected chi connectivity index (χ4v) is 3.36. The Kier molecular flexibility index (Phi) is 4.69. The van der Waals surface area contributed by atoms with Gasteiger partial charge in [-0.3, -0.25) is 9.40 Å². The molecule has 24 heavy (non-hydrogen) atoms. The molecule has 0 radical (unpaired) electrons. The lowest BCUT2D eigenvalue weighted by molar-refractivity contribution is 0.0696. The second-order valence-corrected chi connectivity index (χ2v) is 6.54. The first-order valence-corrected chi connectivity index (χ1v) is 8.20. The molecule has 2 rings (SSSR count). The number of carbonyl (C=O) groups is 1. The quantitative estimate of drug-likeness (QED) is 0.800. The number of nitrogens with one attached hydrogen (secondary N) is 1. The second kappa shape index (κ2) is 6.40. The van der Waals surface area contributed by atoms with Gasteiger partial charge in [-0.05, 0) is 19.1 Å². The lowest BCUT2D eigenvalue weighted by Gasteiger charge is -2.15. The third-order valence-electron chi connectivity index (χ3n) is 3.45. The van der Waals surface area contributed by atoms with E-state index in [1.807, 2.05) is 0 Å². The Hall–Kier alpha value is -2.75. The number of hydrogen-bond donors (Lipinski definition) is 2. The highest BCUT2D eigenvalue weighted by Gasteiger charge is 2.24. The molecule has 2 aromatic rings. The normalized spacial score (nSPS) is 11.2. The molecule has 0 atom stereocenters. The van der Waals surface area contributed by atoms with Gasteiger partial charge >= 0.3 is 5.97 Å². The molecule has 130 valence electrons. The standard InChI is InChI=1S/C14H17N3O6S/c1-8-12(7-15-17(8)2)24(20,21)16-10-5-9(14(18)19)6-11(22-3)13(10)23-4/h5-7,16H,1-4H3,(H,18,19). The number of benzene rings is 1. The first-order valence-electron chi connectivity index (χ1n) is 6.72. The number of nitrogens with zero attached hydrogens (tertiary/aromatic N) is 2. The van der Waals surface area contributed by atoms with Gasteiger partial charge in [-0.15, -0.1) is 0 Å². The molecular formula is C14H17N3O6S. The summed E-state index contributed by atoms with van der Waals surface area (Å²) in [5.74, 6) is -1.06. The van der Waals surface area contributed by atoms with Crippen LogP contribution in [-0.4, -0.2) is 43.5 Å². The lowest BCUT2D eigenvalue weighted by Crippen LogP contribution is -2.15. The summed E-state index contributed by atoms with van der Waals surface area (Å²) in [7, 11) is 0.280. The largest absolute Gasteiger partial charge is 0.493 e. The molecule has 0 fully saturated rings. The van der Waals surface area contributed by atoms with Crippen LogP contribution in [0.25, 0.3) is 0 Å². The zero-order valence-electron chi connectivity index (χ0n) is 13.5. The molecule has 0 bridgehead atoms. The molecule has 0 amide bonds. The van der Waals surface area contributed by atoms with E-state index >= 15 is 0 Å². The van der Waals surface area contributed by atoms with Gasteiger partial charge in [0, 0.05) is 7.05 Å². The van der Waals surface area contributed by atoms with Gasteiger partial charge in [0.15, 0.2) is 11.5 Å². The van der Waals surface area contributed by atoms with Crippen LogP contribution >= 0.6 is 0 Å². The molecule has 1 aromatic heterocycles. The highest BCUT2D eigenvalue weighted by Crippen LogP contribution is 2.38. The number of aryl methyl sites for hydroxylation is 1.